The fourth-order valence-electron chi connectivity index (χ4n) is 3.02. The number of carbonyl (C=O) groups excluding carboxylic acids is 1. The number of rotatable bonds is 5. The van der Waals surface area contributed by atoms with Crippen LogP contribution in [0.4, 0.5) is 0 Å². The Hall–Kier alpha value is -3.68. The Balaban J connectivity index is 1.50. The summed E-state index contributed by atoms with van der Waals surface area (Å²) in [6.45, 7) is 1.05. The molecule has 0 spiro atoms. The molecular formula is C20H19N3O5. The van der Waals surface area contributed by atoms with Crippen LogP contribution in [0.25, 0.3) is 10.9 Å². The summed E-state index contributed by atoms with van der Waals surface area (Å²) in [6, 6.07) is 10.8. The zero-order valence-electron chi connectivity index (χ0n) is 15.4. The average molecular weight is 381 g/mol. The van der Waals surface area contributed by atoms with Crippen LogP contribution in [-0.4, -0.2) is 44.5 Å². The number of benzene rings is 2. The third-order valence-corrected chi connectivity index (χ3v) is 4.33. The van der Waals surface area contributed by atoms with E-state index < -0.39 is 0 Å². The van der Waals surface area contributed by atoms with Crippen molar-refractivity contribution in [3.05, 3.63) is 47.7 Å². The standard InChI is InChI=1S/C20H19N3O5/c1-25-17-6-4-14-13(19(17)26-2)10-15(22-14)20(24)23-21-11-12-3-5-16-18(9-12)28-8-7-27-16/h3-6,9-11,22H,7-8H2,1-2H3,(H,23,24)/b21-11-. The topological polar surface area (TPSA) is 94.2 Å². The van der Waals surface area contributed by atoms with Crippen LogP contribution in [0, 0.1) is 0 Å². The van der Waals surface area contributed by atoms with Crippen molar-refractivity contribution in [1.29, 1.82) is 0 Å². The maximum Gasteiger partial charge on any atom is 0.287 e. The number of aromatic amines is 1. The fourth-order valence-corrected chi connectivity index (χ4v) is 3.02. The lowest BCUT2D eigenvalue weighted by atomic mass is 10.2. The number of nitrogens with zero attached hydrogens (tertiary/aromatic N) is 1. The minimum atomic E-state index is -0.369. The first-order valence-corrected chi connectivity index (χ1v) is 8.66. The SMILES string of the molecule is COc1ccc2[nH]c(C(=O)N/N=C\c3ccc4c(c3)OCCO4)cc2c1OC. The minimum absolute atomic E-state index is 0.362. The molecular weight excluding hydrogens is 362 g/mol. The molecule has 8 heteroatoms. The molecule has 2 aromatic carbocycles. The third-order valence-electron chi connectivity index (χ3n) is 4.33. The number of methoxy groups -OCH3 is 2. The van der Waals surface area contributed by atoms with Gasteiger partial charge in [-0.15, -0.1) is 0 Å². The minimum Gasteiger partial charge on any atom is -0.493 e. The average Bonchev–Trinajstić information content (AvgIpc) is 3.17. The summed E-state index contributed by atoms with van der Waals surface area (Å²) < 4.78 is 21.7. The van der Waals surface area contributed by atoms with Crippen LogP contribution in [0.5, 0.6) is 23.0 Å². The molecule has 0 radical (unpaired) electrons. The van der Waals surface area contributed by atoms with Gasteiger partial charge in [0.1, 0.15) is 18.9 Å². The molecule has 1 aromatic heterocycles. The number of hydrogen-bond donors (Lipinski definition) is 2. The fraction of sp³-hybridized carbons (Fsp3) is 0.200. The molecule has 0 saturated carbocycles. The molecule has 3 aromatic rings. The molecule has 2 heterocycles. The summed E-state index contributed by atoms with van der Waals surface area (Å²) in [5.74, 6) is 2.16. The van der Waals surface area contributed by atoms with Crippen molar-refractivity contribution in [3.8, 4) is 23.0 Å². The molecule has 1 aliphatic heterocycles. The predicted octanol–water partition coefficient (Wildman–Crippen LogP) is 2.72. The van der Waals surface area contributed by atoms with E-state index in [4.69, 9.17) is 18.9 Å². The Bertz CT molecular complexity index is 1060. The summed E-state index contributed by atoms with van der Waals surface area (Å²) in [4.78, 5) is 15.5. The molecule has 8 nitrogen and oxygen atoms in total. The van der Waals surface area contributed by atoms with E-state index in [0.717, 1.165) is 16.5 Å². The molecule has 0 saturated heterocycles. The number of hydrazone groups is 1. The number of amides is 1. The van der Waals surface area contributed by atoms with Crippen molar-refractivity contribution >= 4 is 23.0 Å². The zero-order valence-corrected chi connectivity index (χ0v) is 15.4. The summed E-state index contributed by atoms with van der Waals surface area (Å²) >= 11 is 0. The highest BCUT2D eigenvalue weighted by atomic mass is 16.6. The van der Waals surface area contributed by atoms with Gasteiger partial charge in [-0.25, -0.2) is 5.43 Å². The first-order valence-electron chi connectivity index (χ1n) is 8.66. The Kier molecular flexibility index (Phi) is 4.76. The van der Waals surface area contributed by atoms with Gasteiger partial charge in [0.25, 0.3) is 5.91 Å². The van der Waals surface area contributed by atoms with Gasteiger partial charge in [0, 0.05) is 5.39 Å². The largest absolute Gasteiger partial charge is 0.493 e. The maximum atomic E-state index is 12.4. The van der Waals surface area contributed by atoms with Crippen LogP contribution in [-0.2, 0) is 0 Å². The van der Waals surface area contributed by atoms with Crippen molar-refractivity contribution < 1.29 is 23.7 Å². The van der Waals surface area contributed by atoms with Gasteiger partial charge in [0.15, 0.2) is 23.0 Å². The summed E-state index contributed by atoms with van der Waals surface area (Å²) in [6.07, 6.45) is 1.54. The highest BCUT2D eigenvalue weighted by Crippen LogP contribution is 2.35. The van der Waals surface area contributed by atoms with E-state index in [1.54, 1.807) is 32.6 Å². The van der Waals surface area contributed by atoms with E-state index in [1.807, 2.05) is 24.3 Å². The Morgan fingerprint density at radius 3 is 2.71 bits per heavy atom. The number of H-pyrrole nitrogens is 1. The van der Waals surface area contributed by atoms with E-state index in [1.165, 1.54) is 0 Å². The van der Waals surface area contributed by atoms with Gasteiger partial charge in [-0.1, -0.05) is 0 Å². The van der Waals surface area contributed by atoms with Crippen molar-refractivity contribution in [2.45, 2.75) is 0 Å². The van der Waals surface area contributed by atoms with Crippen LogP contribution in [0.15, 0.2) is 41.5 Å². The van der Waals surface area contributed by atoms with Crippen LogP contribution in [0.2, 0.25) is 0 Å². The van der Waals surface area contributed by atoms with E-state index in [-0.39, 0.29) is 5.91 Å². The molecule has 144 valence electrons. The number of ether oxygens (including phenoxy) is 4. The molecule has 4 rings (SSSR count). The van der Waals surface area contributed by atoms with Crippen LogP contribution in [0.3, 0.4) is 0 Å². The predicted molar refractivity (Wildman–Crippen MR) is 104 cm³/mol. The van der Waals surface area contributed by atoms with Crippen molar-refractivity contribution in [2.24, 2.45) is 5.10 Å². The van der Waals surface area contributed by atoms with Crippen LogP contribution in [0.1, 0.15) is 16.1 Å². The van der Waals surface area contributed by atoms with E-state index >= 15 is 0 Å². The Morgan fingerprint density at radius 2 is 1.93 bits per heavy atom. The normalized spacial score (nSPS) is 12.9. The molecule has 1 aliphatic rings. The summed E-state index contributed by atoms with van der Waals surface area (Å²) in [5, 5.41) is 4.77. The smallest absolute Gasteiger partial charge is 0.287 e. The van der Waals surface area contributed by atoms with Crippen molar-refractivity contribution in [2.75, 3.05) is 27.4 Å². The molecule has 0 aliphatic carbocycles. The first kappa shape index (κ1) is 17.7. The lowest BCUT2D eigenvalue weighted by Gasteiger charge is -2.18. The first-order chi connectivity index (χ1) is 13.7. The van der Waals surface area contributed by atoms with Crippen molar-refractivity contribution in [1.82, 2.24) is 10.4 Å². The molecule has 0 bridgehead atoms. The lowest BCUT2D eigenvalue weighted by Crippen LogP contribution is -2.18. The van der Waals surface area contributed by atoms with E-state index in [2.05, 4.69) is 15.5 Å². The van der Waals surface area contributed by atoms with E-state index in [0.29, 0.717) is 41.9 Å². The summed E-state index contributed by atoms with van der Waals surface area (Å²) in [5.41, 5.74) is 4.42. The summed E-state index contributed by atoms with van der Waals surface area (Å²) in [7, 11) is 3.12. The van der Waals surface area contributed by atoms with Crippen LogP contribution < -0.4 is 24.4 Å². The monoisotopic (exact) mass is 381 g/mol. The number of fused-ring (bicyclic) bond motifs is 2. The van der Waals surface area contributed by atoms with Gasteiger partial charge in [-0.2, -0.15) is 5.10 Å². The van der Waals surface area contributed by atoms with Gasteiger partial charge < -0.3 is 23.9 Å². The maximum absolute atomic E-state index is 12.4. The Morgan fingerprint density at radius 1 is 1.11 bits per heavy atom. The zero-order chi connectivity index (χ0) is 19.5. The second-order valence-corrected chi connectivity index (χ2v) is 6.05. The van der Waals surface area contributed by atoms with Gasteiger partial charge in [0.2, 0.25) is 0 Å². The van der Waals surface area contributed by atoms with Gasteiger partial charge in [-0.05, 0) is 42.0 Å². The number of nitrogens with one attached hydrogen (secondary N) is 2. The highest BCUT2D eigenvalue weighted by Gasteiger charge is 2.15. The second kappa shape index (κ2) is 7.51. The number of aromatic nitrogens is 1. The van der Waals surface area contributed by atoms with Crippen LogP contribution >= 0.6 is 0 Å². The van der Waals surface area contributed by atoms with Gasteiger partial charge >= 0.3 is 0 Å². The second-order valence-electron chi connectivity index (χ2n) is 6.05. The highest BCUT2D eigenvalue weighted by molar-refractivity contribution is 6.00. The molecule has 1 amide bonds. The van der Waals surface area contributed by atoms with E-state index in [9.17, 15) is 4.79 Å². The molecule has 0 fully saturated rings. The van der Waals surface area contributed by atoms with Crippen molar-refractivity contribution in [3.63, 3.8) is 0 Å². The number of carbonyl (C=O) groups is 1. The molecule has 0 atom stereocenters. The van der Waals surface area contributed by atoms with Gasteiger partial charge in [0.05, 0.1) is 26.0 Å². The third kappa shape index (κ3) is 3.32. The lowest BCUT2D eigenvalue weighted by molar-refractivity contribution is 0.0951. The molecule has 2 N–H and O–H groups in total. The quantitative estimate of drug-likeness (QED) is 0.524. The van der Waals surface area contributed by atoms with Gasteiger partial charge in [-0.3, -0.25) is 4.79 Å². The molecule has 0 unspecified atom stereocenters. The molecule has 28 heavy (non-hydrogen) atoms. The number of hydrogen-bond acceptors (Lipinski definition) is 6. The Labute approximate surface area is 161 Å².